The number of allylic oxidation sites excluding steroid dienone is 2. The molecule has 0 saturated heterocycles. The molecule has 0 radical (unpaired) electrons. The molecule has 4 heteroatoms. The maximum Gasteiger partial charge on any atom is 0.126 e. The lowest BCUT2D eigenvalue weighted by Gasteiger charge is -2.14. The molecule has 2 N–H and O–H groups in total. The minimum Gasteiger partial charge on any atom is -0.364 e. The van der Waals surface area contributed by atoms with E-state index in [1.165, 1.54) is 12.1 Å². The quantitative estimate of drug-likeness (QED) is 0.743. The molecule has 0 atom stereocenters. The first-order valence-electron chi connectivity index (χ1n) is 4.73. The van der Waals surface area contributed by atoms with E-state index in [1.807, 2.05) is 13.8 Å². The van der Waals surface area contributed by atoms with Crippen molar-refractivity contribution in [2.45, 2.75) is 20.0 Å². The standard InChI is InChI=1S/C11H12F2N2/c1-6-7(2)15-11(14-6)8-3-9(12)5-10(13)4-8/h3-5,11,14-15H,1-2H3. The van der Waals surface area contributed by atoms with Crippen LogP contribution in [0.1, 0.15) is 25.6 Å². The summed E-state index contributed by atoms with van der Waals surface area (Å²) >= 11 is 0. The summed E-state index contributed by atoms with van der Waals surface area (Å²) in [6.45, 7) is 3.83. The van der Waals surface area contributed by atoms with Gasteiger partial charge in [-0.25, -0.2) is 8.78 Å². The monoisotopic (exact) mass is 210 g/mol. The van der Waals surface area contributed by atoms with Crippen LogP contribution >= 0.6 is 0 Å². The van der Waals surface area contributed by atoms with Crippen LogP contribution in [0.2, 0.25) is 0 Å². The minimum absolute atomic E-state index is 0.241. The van der Waals surface area contributed by atoms with Crippen LogP contribution in [0.15, 0.2) is 29.6 Å². The molecule has 80 valence electrons. The molecule has 0 bridgehead atoms. The lowest BCUT2D eigenvalue weighted by atomic mass is 10.1. The molecular formula is C11H12F2N2. The number of benzene rings is 1. The van der Waals surface area contributed by atoms with Crippen LogP contribution in [0.5, 0.6) is 0 Å². The highest BCUT2D eigenvalue weighted by Crippen LogP contribution is 2.21. The zero-order valence-electron chi connectivity index (χ0n) is 8.57. The Labute approximate surface area is 87.0 Å². The predicted molar refractivity (Wildman–Crippen MR) is 53.7 cm³/mol. The maximum absolute atomic E-state index is 13.0. The van der Waals surface area contributed by atoms with Gasteiger partial charge in [-0.3, -0.25) is 0 Å². The van der Waals surface area contributed by atoms with E-state index in [1.54, 1.807) is 0 Å². The highest BCUT2D eigenvalue weighted by molar-refractivity contribution is 5.27. The molecular weight excluding hydrogens is 198 g/mol. The van der Waals surface area contributed by atoms with Crippen LogP contribution in [0, 0.1) is 11.6 Å². The largest absolute Gasteiger partial charge is 0.364 e. The van der Waals surface area contributed by atoms with E-state index in [-0.39, 0.29) is 6.17 Å². The van der Waals surface area contributed by atoms with Gasteiger partial charge >= 0.3 is 0 Å². The second kappa shape index (κ2) is 3.53. The Balaban J connectivity index is 2.26. The zero-order valence-corrected chi connectivity index (χ0v) is 8.57. The van der Waals surface area contributed by atoms with Crippen LogP contribution < -0.4 is 10.6 Å². The Bertz CT molecular complexity index is 392. The molecule has 1 aromatic rings. The van der Waals surface area contributed by atoms with Crippen molar-refractivity contribution < 1.29 is 8.78 Å². The van der Waals surface area contributed by atoms with Crippen molar-refractivity contribution in [2.75, 3.05) is 0 Å². The van der Waals surface area contributed by atoms with Crippen molar-refractivity contribution >= 4 is 0 Å². The number of rotatable bonds is 1. The molecule has 1 aliphatic heterocycles. The summed E-state index contributed by atoms with van der Waals surface area (Å²) in [4.78, 5) is 0. The summed E-state index contributed by atoms with van der Waals surface area (Å²) in [6, 6.07) is 3.50. The summed E-state index contributed by atoms with van der Waals surface area (Å²) in [7, 11) is 0. The Morgan fingerprint density at radius 2 is 1.40 bits per heavy atom. The third-order valence-electron chi connectivity index (χ3n) is 2.50. The predicted octanol–water partition coefficient (Wildman–Crippen LogP) is 2.41. The van der Waals surface area contributed by atoms with Gasteiger partial charge in [0, 0.05) is 23.0 Å². The van der Waals surface area contributed by atoms with Crippen molar-refractivity contribution in [2.24, 2.45) is 0 Å². The Morgan fingerprint density at radius 1 is 0.933 bits per heavy atom. The normalized spacial score (nSPS) is 16.5. The van der Waals surface area contributed by atoms with E-state index >= 15 is 0 Å². The van der Waals surface area contributed by atoms with E-state index in [0.29, 0.717) is 5.56 Å². The molecule has 0 spiro atoms. The molecule has 0 saturated carbocycles. The van der Waals surface area contributed by atoms with E-state index in [0.717, 1.165) is 17.5 Å². The van der Waals surface area contributed by atoms with Crippen molar-refractivity contribution in [1.82, 2.24) is 10.6 Å². The fourth-order valence-electron chi connectivity index (χ4n) is 1.59. The van der Waals surface area contributed by atoms with Gasteiger partial charge in [0.25, 0.3) is 0 Å². The second-order valence-electron chi connectivity index (χ2n) is 3.67. The number of nitrogens with one attached hydrogen (secondary N) is 2. The fourth-order valence-corrected chi connectivity index (χ4v) is 1.59. The third kappa shape index (κ3) is 1.93. The van der Waals surface area contributed by atoms with Gasteiger partial charge in [0.2, 0.25) is 0 Å². The van der Waals surface area contributed by atoms with Gasteiger partial charge in [-0.2, -0.15) is 0 Å². The number of hydrogen-bond donors (Lipinski definition) is 2. The molecule has 0 unspecified atom stereocenters. The highest BCUT2D eigenvalue weighted by Gasteiger charge is 2.19. The second-order valence-corrected chi connectivity index (χ2v) is 3.67. The average molecular weight is 210 g/mol. The van der Waals surface area contributed by atoms with Crippen molar-refractivity contribution in [3.63, 3.8) is 0 Å². The molecule has 0 aliphatic carbocycles. The van der Waals surface area contributed by atoms with Gasteiger partial charge in [0.1, 0.15) is 17.8 Å². The maximum atomic E-state index is 13.0. The van der Waals surface area contributed by atoms with Crippen LogP contribution in [-0.4, -0.2) is 0 Å². The molecule has 2 rings (SSSR count). The number of hydrogen-bond acceptors (Lipinski definition) is 2. The van der Waals surface area contributed by atoms with Gasteiger partial charge < -0.3 is 10.6 Å². The molecule has 1 aliphatic rings. The topological polar surface area (TPSA) is 24.1 Å². The van der Waals surface area contributed by atoms with Gasteiger partial charge in [0.05, 0.1) is 0 Å². The molecule has 0 amide bonds. The fraction of sp³-hybridized carbons (Fsp3) is 0.273. The summed E-state index contributed by atoms with van der Waals surface area (Å²) in [6.07, 6.45) is -0.241. The Kier molecular flexibility index (Phi) is 2.34. The number of halogens is 2. The molecule has 1 heterocycles. The summed E-state index contributed by atoms with van der Waals surface area (Å²) in [5.74, 6) is -1.12. The third-order valence-corrected chi connectivity index (χ3v) is 2.50. The SMILES string of the molecule is CC1=C(C)NC(c2cc(F)cc(F)c2)N1. The highest BCUT2D eigenvalue weighted by atomic mass is 19.1. The van der Waals surface area contributed by atoms with Crippen molar-refractivity contribution in [3.8, 4) is 0 Å². The summed E-state index contributed by atoms with van der Waals surface area (Å²) < 4.78 is 25.9. The summed E-state index contributed by atoms with van der Waals surface area (Å²) in [5, 5.41) is 6.22. The van der Waals surface area contributed by atoms with E-state index in [9.17, 15) is 8.78 Å². The van der Waals surface area contributed by atoms with Gasteiger partial charge in [-0.1, -0.05) is 0 Å². The van der Waals surface area contributed by atoms with Gasteiger partial charge in [-0.05, 0) is 26.0 Å². The summed E-state index contributed by atoms with van der Waals surface area (Å²) in [5.41, 5.74) is 2.54. The van der Waals surface area contributed by atoms with E-state index in [4.69, 9.17) is 0 Å². The van der Waals surface area contributed by atoms with Crippen LogP contribution in [-0.2, 0) is 0 Å². The van der Waals surface area contributed by atoms with E-state index in [2.05, 4.69) is 10.6 Å². The molecule has 0 aromatic heterocycles. The Hall–Kier alpha value is -1.58. The first kappa shape index (κ1) is 9.96. The minimum atomic E-state index is -0.559. The van der Waals surface area contributed by atoms with Crippen LogP contribution in [0.25, 0.3) is 0 Å². The molecule has 2 nitrogen and oxygen atoms in total. The average Bonchev–Trinajstić information content (AvgIpc) is 2.45. The van der Waals surface area contributed by atoms with Gasteiger partial charge in [0.15, 0.2) is 0 Å². The van der Waals surface area contributed by atoms with Crippen LogP contribution in [0.3, 0.4) is 0 Å². The van der Waals surface area contributed by atoms with Crippen LogP contribution in [0.4, 0.5) is 8.78 Å². The smallest absolute Gasteiger partial charge is 0.126 e. The lowest BCUT2D eigenvalue weighted by molar-refractivity contribution is 0.547. The molecule has 0 fully saturated rings. The lowest BCUT2D eigenvalue weighted by Crippen LogP contribution is -2.23. The first-order chi connectivity index (χ1) is 7.06. The molecule has 1 aromatic carbocycles. The molecule has 15 heavy (non-hydrogen) atoms. The van der Waals surface area contributed by atoms with Gasteiger partial charge in [-0.15, -0.1) is 0 Å². The van der Waals surface area contributed by atoms with E-state index < -0.39 is 11.6 Å². The Morgan fingerprint density at radius 3 is 1.87 bits per heavy atom. The van der Waals surface area contributed by atoms with Crippen molar-refractivity contribution in [3.05, 3.63) is 46.8 Å². The van der Waals surface area contributed by atoms with Crippen molar-refractivity contribution in [1.29, 1.82) is 0 Å². The zero-order chi connectivity index (χ0) is 11.0. The first-order valence-corrected chi connectivity index (χ1v) is 4.73.